The number of aliphatic carboxylic acids is 2. The van der Waals surface area contributed by atoms with Gasteiger partial charge in [0, 0.05) is 28.7 Å². The van der Waals surface area contributed by atoms with Gasteiger partial charge in [-0.15, -0.1) is 23.1 Å². The molecular weight excluding hydrogens is 711 g/mol. The number of rotatable bonds is 12. The van der Waals surface area contributed by atoms with Crippen molar-refractivity contribution in [3.63, 3.8) is 0 Å². The van der Waals surface area contributed by atoms with E-state index in [9.17, 15) is 39.3 Å². The molecule has 2 aliphatic heterocycles. The summed E-state index contributed by atoms with van der Waals surface area (Å²) in [7, 11) is 0. The van der Waals surface area contributed by atoms with Crippen molar-refractivity contribution >= 4 is 84.9 Å². The van der Waals surface area contributed by atoms with Crippen molar-refractivity contribution in [3.8, 4) is 6.07 Å². The van der Waals surface area contributed by atoms with Crippen LogP contribution in [0, 0.1) is 17.2 Å². The standard InChI is InChI=1S/C31H25N7O9S3/c32-11-15-5-6-17(23(40)22(15)39)24(30(45)46)47-36-19(18-13-50-31(33)34-18)25(41)35-20-26(42)38-21(29(43)44)16(12-49-28(20)38)4-2-9-37-8-1-3-14-7-10-48-27(14)37/h1-8,10,13,16,20-21,24,28H,9,12H2,(H6-,33,34,35,36,39,40,41,43,44,45,46)/p+1/b4-2+/t16?,20-,21?,24?,28-/m1/s1. The Hall–Kier alpha value is -5.55. The molecule has 1 amide bonds. The highest BCUT2D eigenvalue weighted by Gasteiger charge is 2.57. The second kappa shape index (κ2) is 14.1. The number of nitrogens with one attached hydrogen (secondary N) is 2. The Balaban J connectivity index is 1.18. The molecule has 0 radical (unpaired) electrons. The van der Waals surface area contributed by atoms with Gasteiger partial charge in [0.25, 0.3) is 4.83 Å². The Labute approximate surface area is 294 Å². The smallest absolute Gasteiger partial charge is 0.340 e. The molecule has 7 N–H and O–H groups in total. The van der Waals surface area contributed by atoms with E-state index in [2.05, 4.69) is 15.8 Å². The summed E-state index contributed by atoms with van der Waals surface area (Å²) in [5.74, 6) is -6.80. The molecule has 0 aromatic carbocycles. The average molecular weight is 737 g/mol. The van der Waals surface area contributed by atoms with Crippen LogP contribution in [0.4, 0.5) is 5.13 Å². The predicted molar refractivity (Wildman–Crippen MR) is 180 cm³/mol. The van der Waals surface area contributed by atoms with Gasteiger partial charge < -0.3 is 31.3 Å². The van der Waals surface area contributed by atoms with Crippen molar-refractivity contribution in [3.05, 3.63) is 82.2 Å². The summed E-state index contributed by atoms with van der Waals surface area (Å²) >= 11 is 3.89. The number of thioether (sulfide) groups is 1. The molecule has 5 atom stereocenters. The summed E-state index contributed by atoms with van der Waals surface area (Å²) in [6.07, 6.45) is 5.49. The number of β-lactam (4-membered cyclic amide) rings is 1. The molecule has 3 aromatic rings. The highest BCUT2D eigenvalue weighted by Crippen LogP contribution is 2.41. The number of carbonyl (C=O) groups excluding carboxylic acids is 3. The highest BCUT2D eigenvalue weighted by atomic mass is 32.2. The fourth-order valence-corrected chi connectivity index (χ4v) is 8.55. The van der Waals surface area contributed by atoms with Crippen molar-refractivity contribution in [1.29, 1.82) is 5.26 Å². The molecular formula is C31H26N7O9S3+. The van der Waals surface area contributed by atoms with E-state index < -0.39 is 75.9 Å². The van der Waals surface area contributed by atoms with Crippen LogP contribution in [0.5, 0.6) is 0 Å². The molecule has 3 aromatic heterocycles. The number of aromatic nitrogens is 2. The Morgan fingerprint density at radius 3 is 2.70 bits per heavy atom. The van der Waals surface area contributed by atoms with Crippen LogP contribution in [0.3, 0.4) is 0 Å². The Morgan fingerprint density at radius 2 is 2.00 bits per heavy atom. The molecule has 0 spiro atoms. The third kappa shape index (κ3) is 6.44. The largest absolute Gasteiger partial charge is 0.493 e. The normalized spacial score (nSPS) is 22.9. The van der Waals surface area contributed by atoms with Crippen LogP contribution in [-0.4, -0.2) is 83.9 Å². The Morgan fingerprint density at radius 1 is 1.20 bits per heavy atom. The van der Waals surface area contributed by atoms with Gasteiger partial charge in [-0.05, 0) is 29.7 Å². The predicted octanol–water partition coefficient (Wildman–Crippen LogP) is 1.11. The number of carboxylic acid groups (broad SMARTS) is 2. The van der Waals surface area contributed by atoms with Gasteiger partial charge in [-0.2, -0.15) is 9.83 Å². The number of nitriles is 1. The van der Waals surface area contributed by atoms with E-state index in [0.29, 0.717) is 12.3 Å². The van der Waals surface area contributed by atoms with Gasteiger partial charge in [-0.1, -0.05) is 23.5 Å². The number of amides is 1. The van der Waals surface area contributed by atoms with Crippen LogP contribution >= 0.6 is 34.4 Å². The SMILES string of the molecule is N#CC1=CC=C(C(ONC(=C(O)N[C@@H]2C(=O)N3C(C(=O)O)C(/C=C/C[n+]4cccc5ccsc54)CS[C@H]23)c2csc(N)n2)C(=O)O)C(=O)C1=O. The van der Waals surface area contributed by atoms with Crippen LogP contribution in [0.1, 0.15) is 5.69 Å². The highest BCUT2D eigenvalue weighted by molar-refractivity contribution is 8.00. The molecule has 2 fully saturated rings. The maximum Gasteiger partial charge on any atom is 0.340 e. The van der Waals surface area contributed by atoms with Gasteiger partial charge in [0.1, 0.15) is 40.5 Å². The minimum atomic E-state index is -2.07. The number of aliphatic hydroxyl groups excluding tert-OH is 1. The molecule has 5 heterocycles. The molecule has 1 aliphatic carbocycles. The number of carboxylic acids is 2. The second-order valence-electron chi connectivity index (χ2n) is 11.0. The maximum absolute atomic E-state index is 13.4. The van der Waals surface area contributed by atoms with E-state index >= 15 is 0 Å². The van der Waals surface area contributed by atoms with Crippen molar-refractivity contribution in [2.45, 2.75) is 30.1 Å². The summed E-state index contributed by atoms with van der Waals surface area (Å²) in [5.41, 5.74) is 6.55. The molecule has 16 nitrogen and oxygen atoms in total. The molecule has 50 heavy (non-hydrogen) atoms. The zero-order valence-electron chi connectivity index (χ0n) is 25.5. The first kappa shape index (κ1) is 34.3. The van der Waals surface area contributed by atoms with Crippen LogP contribution in [0.2, 0.25) is 0 Å². The van der Waals surface area contributed by atoms with Crippen molar-refractivity contribution in [2.75, 3.05) is 11.5 Å². The summed E-state index contributed by atoms with van der Waals surface area (Å²) < 4.78 is 2.05. The van der Waals surface area contributed by atoms with Crippen LogP contribution in [0.25, 0.3) is 15.9 Å². The first-order valence-corrected chi connectivity index (χ1v) is 17.5. The van der Waals surface area contributed by atoms with E-state index in [0.717, 1.165) is 33.7 Å². The number of Topliss-reactive ketones (excluding diaryl/α,β-unsaturated/α-hetero) is 2. The number of nitrogen functional groups attached to an aromatic ring is 1. The zero-order chi connectivity index (χ0) is 35.7. The van der Waals surface area contributed by atoms with E-state index in [-0.39, 0.29) is 16.5 Å². The molecule has 3 unspecified atom stereocenters. The number of hydrogen-bond acceptors (Lipinski definition) is 15. The van der Waals surface area contributed by atoms with Crippen LogP contribution in [-0.2, 0) is 35.4 Å². The number of nitrogens with zero attached hydrogens (tertiary/aromatic N) is 4. The second-order valence-corrected chi connectivity index (χ2v) is 13.9. The number of carbonyl (C=O) groups is 5. The van der Waals surface area contributed by atoms with Gasteiger partial charge in [-0.25, -0.2) is 14.6 Å². The van der Waals surface area contributed by atoms with Gasteiger partial charge in [-0.3, -0.25) is 24.7 Å². The molecule has 3 aliphatic rings. The average Bonchev–Trinajstić information content (AvgIpc) is 3.76. The minimum Gasteiger partial charge on any atom is -0.493 e. The number of pyridine rings is 1. The summed E-state index contributed by atoms with van der Waals surface area (Å²) in [5, 5.41) is 46.6. The number of thiophene rings is 1. The first-order chi connectivity index (χ1) is 24.0. The Bertz CT molecular complexity index is 2100. The molecule has 19 heteroatoms. The van der Waals surface area contributed by atoms with Crippen molar-refractivity contribution in [2.24, 2.45) is 5.92 Å². The van der Waals surface area contributed by atoms with Gasteiger partial charge >= 0.3 is 11.9 Å². The van der Waals surface area contributed by atoms with E-state index in [4.69, 9.17) is 15.8 Å². The zero-order valence-corrected chi connectivity index (χ0v) is 27.9. The summed E-state index contributed by atoms with van der Waals surface area (Å²) in [4.78, 5) is 74.3. The number of anilines is 1. The van der Waals surface area contributed by atoms with E-state index in [1.54, 1.807) is 23.5 Å². The number of thiazole rings is 1. The third-order valence-corrected chi connectivity index (χ3v) is 11.1. The van der Waals surface area contributed by atoms with Crippen LogP contribution < -0.4 is 21.1 Å². The Kier molecular flexibility index (Phi) is 9.70. The number of hydrogen-bond donors (Lipinski definition) is 6. The van der Waals surface area contributed by atoms with Gasteiger partial charge in [0.2, 0.25) is 29.5 Å². The number of ketones is 2. The number of nitrogens with two attached hydrogens (primary N) is 1. The van der Waals surface area contributed by atoms with Crippen molar-refractivity contribution < 1.29 is 48.7 Å². The fourth-order valence-electron chi connectivity index (χ4n) is 5.63. The third-order valence-electron chi connectivity index (χ3n) is 8.02. The quantitative estimate of drug-likeness (QED) is 0.0290. The molecule has 256 valence electrons. The lowest BCUT2D eigenvalue weighted by molar-refractivity contribution is -0.659. The lowest BCUT2D eigenvalue weighted by Gasteiger charge is -2.53. The van der Waals surface area contributed by atoms with Crippen molar-refractivity contribution in [1.82, 2.24) is 20.7 Å². The maximum atomic E-state index is 13.4. The summed E-state index contributed by atoms with van der Waals surface area (Å²) in [6, 6.07) is 5.26. The van der Waals surface area contributed by atoms with E-state index in [1.165, 1.54) is 22.0 Å². The fraction of sp³-hybridized carbons (Fsp3) is 0.226. The minimum absolute atomic E-state index is 0.0297. The molecule has 2 saturated heterocycles. The molecule has 0 saturated carbocycles. The first-order valence-electron chi connectivity index (χ1n) is 14.7. The number of fused-ring (bicyclic) bond motifs is 2. The number of hydroxylamine groups is 1. The molecule has 6 rings (SSSR count). The lowest BCUT2D eigenvalue weighted by Crippen LogP contribution is -2.75. The number of aliphatic hydroxyl groups is 1. The summed E-state index contributed by atoms with van der Waals surface area (Å²) in [6.45, 7) is 0.507. The van der Waals surface area contributed by atoms with E-state index in [1.807, 2.05) is 40.4 Å². The number of allylic oxidation sites excluding steroid dienone is 4. The van der Waals surface area contributed by atoms with Gasteiger partial charge in [0.15, 0.2) is 17.9 Å². The molecule has 0 bridgehead atoms. The van der Waals surface area contributed by atoms with Crippen LogP contribution in [0.15, 0.2) is 76.5 Å². The van der Waals surface area contributed by atoms with Gasteiger partial charge in [0.05, 0.1) is 5.39 Å². The monoisotopic (exact) mass is 736 g/mol. The lowest BCUT2D eigenvalue weighted by atomic mass is 9.93. The topological polar surface area (TPSA) is 249 Å².